The Hall–Kier alpha value is -2.75. The second-order valence-electron chi connectivity index (χ2n) is 16.4. The lowest BCUT2D eigenvalue weighted by atomic mass is 9.76. The Morgan fingerprint density at radius 2 is 1.33 bits per heavy atom. The van der Waals surface area contributed by atoms with Gasteiger partial charge in [0.2, 0.25) is 0 Å². The molecule has 0 bridgehead atoms. The summed E-state index contributed by atoms with van der Waals surface area (Å²) < 4.78 is 6.68. The Labute approximate surface area is 302 Å². The number of fused-ring (bicyclic) bond motifs is 4. The molecule has 0 fully saturated rings. The lowest BCUT2D eigenvalue weighted by Gasteiger charge is -2.45. The number of allylic oxidation sites excluding steroid dienone is 7. The highest BCUT2D eigenvalue weighted by Gasteiger charge is 2.56. The van der Waals surface area contributed by atoms with Gasteiger partial charge in [0.1, 0.15) is 0 Å². The molecule has 2 heterocycles. The summed E-state index contributed by atoms with van der Waals surface area (Å²) in [6, 6.07) is 10.1. The van der Waals surface area contributed by atoms with Gasteiger partial charge in [0, 0.05) is 53.1 Å². The molecule has 0 saturated carbocycles. The monoisotopic (exact) mass is 678 g/mol. The van der Waals surface area contributed by atoms with Crippen molar-refractivity contribution < 1.29 is 4.74 Å². The van der Waals surface area contributed by atoms with Crippen molar-refractivity contribution in [3.63, 3.8) is 0 Å². The highest BCUT2D eigenvalue weighted by Crippen LogP contribution is 2.55. The number of methoxy groups -OCH3 is 1. The minimum atomic E-state index is -0.577. The maximum Gasteiger partial charge on any atom is 0.169 e. The van der Waals surface area contributed by atoms with Crippen LogP contribution in [0.3, 0.4) is 0 Å². The molecule has 0 N–H and O–H groups in total. The summed E-state index contributed by atoms with van der Waals surface area (Å²) in [5, 5.41) is 0.922. The van der Waals surface area contributed by atoms with Crippen molar-refractivity contribution in [2.75, 3.05) is 30.0 Å². The molecule has 3 nitrogen and oxygen atoms in total. The molecule has 1 unspecified atom stereocenters. The SMILES string of the molecule is CCCCN1C(=CC=C2CCCC(C=CC3(OC)N(CCCC)c4cc5c(cc4C3(C)C)CCC5)=C2Cl)C(C)(C)c2cc3c(cc21)CCC3. The molecule has 4 heteroatoms. The molecular formula is C45H59ClN2O. The number of nitrogens with zero attached hydrogens (tertiary/aromatic N) is 2. The van der Waals surface area contributed by atoms with Gasteiger partial charge in [-0.2, -0.15) is 0 Å². The third kappa shape index (κ3) is 5.66. The van der Waals surface area contributed by atoms with Crippen molar-refractivity contribution in [1.82, 2.24) is 0 Å². The van der Waals surface area contributed by atoms with Gasteiger partial charge in [0.05, 0.1) is 0 Å². The van der Waals surface area contributed by atoms with Crippen LogP contribution in [-0.2, 0) is 41.3 Å². The van der Waals surface area contributed by atoms with Gasteiger partial charge in [-0.3, -0.25) is 0 Å². The highest BCUT2D eigenvalue weighted by atomic mass is 35.5. The van der Waals surface area contributed by atoms with Crippen LogP contribution in [0.1, 0.15) is 133 Å². The number of ether oxygens (including phenoxy) is 1. The number of benzene rings is 2. The standard InChI is InChI=1S/C45H59ClN2O/c1-8-10-25-47-39-29-35-19-13-17-33(35)27-37(39)43(3,4)41(47)22-21-31-15-12-16-32(42(31)46)23-24-45(49-7)44(5,6)38-28-34-18-14-20-36(34)30-40(38)48(45)26-11-9-2/h21-24,27-30H,8-20,25-26H2,1-7H3. The molecule has 2 aromatic carbocycles. The third-order valence-electron chi connectivity index (χ3n) is 12.8. The first-order valence-corrected chi connectivity index (χ1v) is 19.9. The van der Waals surface area contributed by atoms with Crippen molar-refractivity contribution in [2.24, 2.45) is 0 Å². The fourth-order valence-electron chi connectivity index (χ4n) is 9.78. The Morgan fingerprint density at radius 1 is 0.735 bits per heavy atom. The van der Waals surface area contributed by atoms with E-state index in [1.54, 1.807) is 11.1 Å². The Kier molecular flexibility index (Phi) is 9.50. The first-order chi connectivity index (χ1) is 23.6. The molecule has 5 aliphatic rings. The van der Waals surface area contributed by atoms with Crippen LogP contribution in [0.2, 0.25) is 0 Å². The molecule has 262 valence electrons. The summed E-state index contributed by atoms with van der Waals surface area (Å²) in [7, 11) is 1.90. The van der Waals surface area contributed by atoms with E-state index >= 15 is 0 Å². The smallest absolute Gasteiger partial charge is 0.169 e. The van der Waals surface area contributed by atoms with Crippen LogP contribution in [-0.4, -0.2) is 25.9 Å². The average molecular weight is 679 g/mol. The quantitative estimate of drug-likeness (QED) is 0.249. The summed E-state index contributed by atoms with van der Waals surface area (Å²) in [6.45, 7) is 16.2. The number of hydrogen-bond acceptors (Lipinski definition) is 3. The molecule has 0 amide bonds. The molecular weight excluding hydrogens is 620 g/mol. The summed E-state index contributed by atoms with van der Waals surface area (Å²) in [4.78, 5) is 5.19. The van der Waals surface area contributed by atoms with E-state index in [0.29, 0.717) is 0 Å². The minimum absolute atomic E-state index is 0.0403. The second-order valence-corrected chi connectivity index (χ2v) is 16.8. The molecule has 2 aliphatic heterocycles. The molecule has 0 radical (unpaired) electrons. The number of anilines is 2. The van der Waals surface area contributed by atoms with E-state index in [2.05, 4.69) is 99.9 Å². The normalized spacial score (nSPS) is 25.2. The molecule has 49 heavy (non-hydrogen) atoms. The van der Waals surface area contributed by atoms with Crippen LogP contribution in [0.5, 0.6) is 0 Å². The molecule has 2 aromatic rings. The molecule has 1 atom stereocenters. The van der Waals surface area contributed by atoms with Gasteiger partial charge < -0.3 is 14.5 Å². The van der Waals surface area contributed by atoms with Gasteiger partial charge in [0.15, 0.2) is 5.72 Å². The van der Waals surface area contributed by atoms with Crippen LogP contribution < -0.4 is 9.80 Å². The van der Waals surface area contributed by atoms with Gasteiger partial charge in [-0.05, 0) is 139 Å². The van der Waals surface area contributed by atoms with E-state index in [9.17, 15) is 0 Å². The first kappa shape index (κ1) is 34.7. The fourth-order valence-corrected chi connectivity index (χ4v) is 10.1. The van der Waals surface area contributed by atoms with E-state index in [0.717, 1.165) is 50.2 Å². The largest absolute Gasteiger partial charge is 0.354 e. The van der Waals surface area contributed by atoms with Crippen LogP contribution in [0.25, 0.3) is 0 Å². The molecule has 7 rings (SSSR count). The number of unbranched alkanes of at least 4 members (excludes halogenated alkanes) is 2. The van der Waals surface area contributed by atoms with Crippen molar-refractivity contribution in [2.45, 2.75) is 142 Å². The summed E-state index contributed by atoms with van der Waals surface area (Å²) >= 11 is 7.37. The number of aryl methyl sites for hydroxylation is 4. The zero-order chi connectivity index (χ0) is 34.6. The van der Waals surface area contributed by atoms with Crippen molar-refractivity contribution >= 4 is 23.0 Å². The predicted octanol–water partition coefficient (Wildman–Crippen LogP) is 11.5. The summed E-state index contributed by atoms with van der Waals surface area (Å²) in [5.74, 6) is 0. The first-order valence-electron chi connectivity index (χ1n) is 19.5. The van der Waals surface area contributed by atoms with Gasteiger partial charge >= 0.3 is 0 Å². The van der Waals surface area contributed by atoms with Crippen LogP contribution in [0.15, 0.2) is 70.4 Å². The van der Waals surface area contributed by atoms with Gasteiger partial charge in [0.25, 0.3) is 0 Å². The van der Waals surface area contributed by atoms with E-state index in [1.807, 2.05) is 7.11 Å². The highest BCUT2D eigenvalue weighted by molar-refractivity contribution is 6.32. The van der Waals surface area contributed by atoms with Crippen molar-refractivity contribution in [3.8, 4) is 0 Å². The number of hydrogen-bond donors (Lipinski definition) is 0. The van der Waals surface area contributed by atoms with Gasteiger partial charge in [-0.1, -0.05) is 90.3 Å². The summed E-state index contributed by atoms with van der Waals surface area (Å²) in [6.07, 6.45) is 24.6. The van der Waals surface area contributed by atoms with Crippen LogP contribution in [0, 0.1) is 0 Å². The van der Waals surface area contributed by atoms with Crippen LogP contribution in [0.4, 0.5) is 11.4 Å². The zero-order valence-corrected chi connectivity index (χ0v) is 32.2. The summed E-state index contributed by atoms with van der Waals surface area (Å²) in [5.41, 5.74) is 14.9. The number of rotatable bonds is 10. The topological polar surface area (TPSA) is 15.7 Å². The third-order valence-corrected chi connectivity index (χ3v) is 13.3. The second kappa shape index (κ2) is 13.4. The van der Waals surface area contributed by atoms with Gasteiger partial charge in [-0.15, -0.1) is 0 Å². The van der Waals surface area contributed by atoms with E-state index in [-0.39, 0.29) is 10.8 Å². The number of halogens is 1. The predicted molar refractivity (Wildman–Crippen MR) is 209 cm³/mol. The van der Waals surface area contributed by atoms with E-state index in [4.69, 9.17) is 16.3 Å². The van der Waals surface area contributed by atoms with Gasteiger partial charge in [-0.25, -0.2) is 0 Å². The van der Waals surface area contributed by atoms with Crippen molar-refractivity contribution in [3.05, 3.63) is 104 Å². The van der Waals surface area contributed by atoms with Crippen molar-refractivity contribution in [1.29, 1.82) is 0 Å². The molecule has 3 aliphatic carbocycles. The maximum absolute atomic E-state index is 7.37. The lowest BCUT2D eigenvalue weighted by Crippen LogP contribution is -2.56. The Balaban J connectivity index is 1.24. The lowest BCUT2D eigenvalue weighted by molar-refractivity contribution is -0.0166. The molecule has 0 aromatic heterocycles. The maximum atomic E-state index is 7.37. The molecule has 0 saturated heterocycles. The Morgan fingerprint density at radius 3 is 1.98 bits per heavy atom. The minimum Gasteiger partial charge on any atom is -0.354 e. The van der Waals surface area contributed by atoms with E-state index < -0.39 is 5.72 Å². The Bertz CT molecular complexity index is 1740. The molecule has 0 spiro atoms. The zero-order valence-electron chi connectivity index (χ0n) is 31.4. The average Bonchev–Trinajstić information content (AvgIpc) is 3.83. The van der Waals surface area contributed by atoms with Crippen LogP contribution >= 0.6 is 11.6 Å². The van der Waals surface area contributed by atoms with E-state index in [1.165, 1.54) is 102 Å². The fraction of sp³-hybridized carbons (Fsp3) is 0.556.